The molecule has 0 amide bonds. The SMILES string of the molecule is Cc1cc(SC(Cc2ccc3ccccc3c2)c2sc(-c3ccc(C(F)(F)F)cc3)nc2C)ccc1OCC(=O)O. The van der Waals surface area contributed by atoms with Crippen LogP contribution >= 0.6 is 23.1 Å². The average molecular weight is 594 g/mol. The van der Waals surface area contributed by atoms with Gasteiger partial charge in [-0.3, -0.25) is 0 Å². The van der Waals surface area contributed by atoms with Crippen molar-refractivity contribution in [1.82, 2.24) is 4.98 Å². The topological polar surface area (TPSA) is 59.4 Å². The highest BCUT2D eigenvalue weighted by atomic mass is 32.2. The van der Waals surface area contributed by atoms with E-state index in [4.69, 9.17) is 14.8 Å². The van der Waals surface area contributed by atoms with E-state index in [1.54, 1.807) is 17.8 Å². The van der Waals surface area contributed by atoms with E-state index in [1.165, 1.54) is 23.5 Å². The molecule has 0 saturated heterocycles. The van der Waals surface area contributed by atoms with Crippen molar-refractivity contribution < 1.29 is 27.8 Å². The second kappa shape index (κ2) is 12.0. The predicted octanol–water partition coefficient (Wildman–Crippen LogP) is 9.14. The van der Waals surface area contributed by atoms with Gasteiger partial charge in [0, 0.05) is 20.6 Å². The van der Waals surface area contributed by atoms with Gasteiger partial charge in [0.25, 0.3) is 0 Å². The fourth-order valence-electron chi connectivity index (χ4n) is 4.56. The number of benzene rings is 4. The molecular weight excluding hydrogens is 567 g/mol. The number of hydrogen-bond acceptors (Lipinski definition) is 5. The van der Waals surface area contributed by atoms with Crippen LogP contribution in [0.4, 0.5) is 13.2 Å². The van der Waals surface area contributed by atoms with Crippen LogP contribution in [0.1, 0.15) is 32.5 Å². The number of thioether (sulfide) groups is 1. The minimum Gasteiger partial charge on any atom is -0.482 e. The van der Waals surface area contributed by atoms with E-state index >= 15 is 0 Å². The van der Waals surface area contributed by atoms with Crippen molar-refractivity contribution in [2.24, 2.45) is 0 Å². The maximum atomic E-state index is 13.1. The summed E-state index contributed by atoms with van der Waals surface area (Å²) in [6.07, 6.45) is -3.68. The zero-order valence-electron chi connectivity index (χ0n) is 22.2. The molecule has 0 aliphatic carbocycles. The van der Waals surface area contributed by atoms with Crippen LogP contribution in [0, 0.1) is 13.8 Å². The van der Waals surface area contributed by atoms with Crippen LogP contribution in [0.15, 0.2) is 89.8 Å². The van der Waals surface area contributed by atoms with E-state index in [1.807, 2.05) is 38.1 Å². The number of aryl methyl sites for hydroxylation is 2. The van der Waals surface area contributed by atoms with Crippen molar-refractivity contribution in [1.29, 1.82) is 0 Å². The minimum atomic E-state index is -4.39. The predicted molar refractivity (Wildman–Crippen MR) is 158 cm³/mol. The Bertz CT molecular complexity index is 1700. The number of nitrogens with zero attached hydrogens (tertiary/aromatic N) is 1. The molecule has 0 radical (unpaired) electrons. The van der Waals surface area contributed by atoms with Crippen molar-refractivity contribution in [3.05, 3.63) is 112 Å². The highest BCUT2D eigenvalue weighted by molar-refractivity contribution is 7.99. The van der Waals surface area contributed by atoms with Gasteiger partial charge in [-0.1, -0.05) is 54.6 Å². The number of hydrogen-bond donors (Lipinski definition) is 1. The number of carboxylic acids is 1. The summed E-state index contributed by atoms with van der Waals surface area (Å²) in [5.74, 6) is -0.524. The van der Waals surface area contributed by atoms with E-state index in [0.717, 1.165) is 49.5 Å². The Kier molecular flexibility index (Phi) is 8.37. The molecule has 1 heterocycles. The Labute approximate surface area is 243 Å². The summed E-state index contributed by atoms with van der Waals surface area (Å²) in [5, 5.41) is 11.9. The lowest BCUT2D eigenvalue weighted by Gasteiger charge is -2.18. The summed E-state index contributed by atoms with van der Waals surface area (Å²) in [7, 11) is 0. The molecule has 1 unspecified atom stereocenters. The molecule has 1 atom stereocenters. The van der Waals surface area contributed by atoms with Crippen molar-refractivity contribution in [2.75, 3.05) is 6.61 Å². The molecule has 1 N–H and O–H groups in total. The normalized spacial score (nSPS) is 12.4. The molecule has 210 valence electrons. The number of halogens is 3. The molecule has 41 heavy (non-hydrogen) atoms. The summed E-state index contributed by atoms with van der Waals surface area (Å²) in [5.41, 5.74) is 2.77. The third-order valence-corrected chi connectivity index (χ3v) is 9.28. The van der Waals surface area contributed by atoms with Gasteiger partial charge < -0.3 is 9.84 Å². The molecule has 0 bridgehead atoms. The Morgan fingerprint density at radius 2 is 1.71 bits per heavy atom. The number of aliphatic carboxylic acids is 1. The fourth-order valence-corrected chi connectivity index (χ4v) is 7.18. The van der Waals surface area contributed by atoms with Gasteiger partial charge in [-0.15, -0.1) is 23.1 Å². The first-order valence-corrected chi connectivity index (χ1v) is 14.5. The van der Waals surface area contributed by atoms with Gasteiger partial charge in [-0.2, -0.15) is 13.2 Å². The number of thiazole rings is 1. The Balaban J connectivity index is 1.48. The second-order valence-corrected chi connectivity index (χ2v) is 12.0. The van der Waals surface area contributed by atoms with Crippen molar-refractivity contribution in [3.8, 4) is 16.3 Å². The summed E-state index contributed by atoms with van der Waals surface area (Å²) < 4.78 is 44.7. The van der Waals surface area contributed by atoms with E-state index < -0.39 is 24.3 Å². The molecule has 0 aliphatic rings. The molecule has 1 aromatic heterocycles. The van der Waals surface area contributed by atoms with Gasteiger partial charge in [0.2, 0.25) is 0 Å². The molecular formula is C32H26F3NO3S2. The average Bonchev–Trinajstić information content (AvgIpc) is 3.33. The molecule has 5 rings (SSSR count). The highest BCUT2D eigenvalue weighted by Crippen LogP contribution is 2.44. The van der Waals surface area contributed by atoms with Crippen molar-refractivity contribution >= 4 is 39.8 Å². The number of fused-ring (bicyclic) bond motifs is 1. The van der Waals surface area contributed by atoms with Gasteiger partial charge in [-0.25, -0.2) is 9.78 Å². The number of carboxylic acid groups (broad SMARTS) is 1. The number of carbonyl (C=O) groups is 1. The maximum Gasteiger partial charge on any atom is 0.416 e. The molecule has 0 spiro atoms. The number of rotatable bonds is 9. The molecule has 9 heteroatoms. The van der Waals surface area contributed by atoms with Crippen molar-refractivity contribution in [2.45, 2.75) is 36.6 Å². The molecule has 4 nitrogen and oxygen atoms in total. The fraction of sp³-hybridized carbons (Fsp3) is 0.188. The third kappa shape index (κ3) is 6.92. The summed E-state index contributed by atoms with van der Waals surface area (Å²) in [6, 6.07) is 25.4. The van der Waals surface area contributed by atoms with Gasteiger partial charge in [0.1, 0.15) is 10.8 Å². The van der Waals surface area contributed by atoms with Gasteiger partial charge in [-0.05, 0) is 72.5 Å². The first-order valence-electron chi connectivity index (χ1n) is 12.8. The van der Waals surface area contributed by atoms with E-state index in [2.05, 4.69) is 30.3 Å². The summed E-state index contributed by atoms with van der Waals surface area (Å²) in [6.45, 7) is 3.40. The molecule has 0 fully saturated rings. The van der Waals surface area contributed by atoms with Crippen LogP contribution in [0.25, 0.3) is 21.3 Å². The largest absolute Gasteiger partial charge is 0.482 e. The number of ether oxygens (including phenoxy) is 1. The Morgan fingerprint density at radius 1 is 0.976 bits per heavy atom. The number of alkyl halides is 3. The highest BCUT2D eigenvalue weighted by Gasteiger charge is 2.30. The Morgan fingerprint density at radius 3 is 2.39 bits per heavy atom. The Hall–Kier alpha value is -3.82. The van der Waals surface area contributed by atoms with E-state index in [-0.39, 0.29) is 5.25 Å². The quantitative estimate of drug-likeness (QED) is 0.173. The summed E-state index contributed by atoms with van der Waals surface area (Å²) >= 11 is 3.16. The first kappa shape index (κ1) is 28.7. The maximum absolute atomic E-state index is 13.1. The smallest absolute Gasteiger partial charge is 0.416 e. The van der Waals surface area contributed by atoms with Crippen LogP contribution in [0.5, 0.6) is 5.75 Å². The lowest BCUT2D eigenvalue weighted by Crippen LogP contribution is -2.10. The monoisotopic (exact) mass is 593 g/mol. The second-order valence-electron chi connectivity index (χ2n) is 9.65. The van der Waals surface area contributed by atoms with Crippen LogP contribution in [0.3, 0.4) is 0 Å². The first-order chi connectivity index (χ1) is 19.6. The molecule has 4 aromatic carbocycles. The lowest BCUT2D eigenvalue weighted by molar-refractivity contribution is -0.139. The van der Waals surface area contributed by atoms with Crippen LogP contribution in [-0.2, 0) is 17.4 Å². The van der Waals surface area contributed by atoms with Gasteiger partial charge >= 0.3 is 12.1 Å². The third-order valence-electron chi connectivity index (χ3n) is 6.59. The van der Waals surface area contributed by atoms with Crippen LogP contribution < -0.4 is 4.74 Å². The molecule has 0 saturated carbocycles. The molecule has 5 aromatic rings. The molecule has 0 aliphatic heterocycles. The van der Waals surface area contributed by atoms with E-state index in [9.17, 15) is 18.0 Å². The van der Waals surface area contributed by atoms with Gasteiger partial charge in [0.05, 0.1) is 11.3 Å². The van der Waals surface area contributed by atoms with E-state index in [0.29, 0.717) is 22.7 Å². The lowest BCUT2D eigenvalue weighted by atomic mass is 10.0. The minimum absolute atomic E-state index is 0.0259. The van der Waals surface area contributed by atoms with Crippen molar-refractivity contribution in [3.63, 3.8) is 0 Å². The zero-order valence-corrected chi connectivity index (χ0v) is 23.9. The standard InChI is InChI=1S/C32H26F3NO3S2/c1-19-15-26(13-14-27(19)39-18-29(37)38)40-28(17-21-7-8-22-5-3-4-6-24(22)16-21)30-20(2)36-31(41-30)23-9-11-25(12-10-23)32(33,34)35/h3-16,28H,17-18H2,1-2H3,(H,37,38). The number of aromatic nitrogens is 1. The van der Waals surface area contributed by atoms with Gasteiger partial charge in [0.15, 0.2) is 6.61 Å². The summed E-state index contributed by atoms with van der Waals surface area (Å²) in [4.78, 5) is 17.7. The van der Waals surface area contributed by atoms with Crippen LogP contribution in [-0.4, -0.2) is 22.7 Å². The van der Waals surface area contributed by atoms with Crippen LogP contribution in [0.2, 0.25) is 0 Å². The zero-order chi connectivity index (χ0) is 29.1.